The second-order valence-electron chi connectivity index (χ2n) is 1.62. The van der Waals surface area contributed by atoms with Crippen molar-refractivity contribution < 1.29 is 14.8 Å². The quantitative estimate of drug-likeness (QED) is 0.493. The summed E-state index contributed by atoms with van der Waals surface area (Å²) >= 11 is 4.93. The Morgan fingerprint density at radius 1 is 1.18 bits per heavy atom. The molecule has 0 saturated carbocycles. The van der Waals surface area contributed by atoms with E-state index in [0.29, 0.717) is 0 Å². The summed E-state index contributed by atoms with van der Waals surface area (Å²) in [4.78, 5) is 0. The van der Waals surface area contributed by atoms with E-state index in [9.17, 15) is 0 Å². The Kier molecular flexibility index (Phi) is 10.1. The average molecular weight is 427 g/mol. The van der Waals surface area contributed by atoms with Gasteiger partial charge in [0, 0.05) is 0 Å². The standard InChI is InChI=1S/C7H8O.2HI.Zn/c1-8-7-5-3-2-4-6-7;;;/h2-6H,1H3;2*1H;/q;;;+2/p-2. The van der Waals surface area contributed by atoms with Crippen molar-refractivity contribution in [2.75, 3.05) is 7.11 Å². The van der Waals surface area contributed by atoms with Crippen molar-refractivity contribution in [3.05, 3.63) is 30.3 Å². The first-order valence-corrected chi connectivity index (χ1v) is 21.2. The van der Waals surface area contributed by atoms with Crippen LogP contribution >= 0.6 is 39.5 Å². The average Bonchev–Trinajstić information content (AvgIpc) is 2.08. The van der Waals surface area contributed by atoms with Crippen LogP contribution < -0.4 is 4.74 Å². The van der Waals surface area contributed by atoms with Crippen molar-refractivity contribution in [3.63, 3.8) is 0 Å². The summed E-state index contributed by atoms with van der Waals surface area (Å²) in [6, 6.07) is 9.68. The van der Waals surface area contributed by atoms with Crippen molar-refractivity contribution in [3.8, 4) is 5.75 Å². The van der Waals surface area contributed by atoms with Crippen LogP contribution in [-0.2, 0) is 10.1 Å². The molecular weight excluding hydrogens is 419 g/mol. The number of benzene rings is 1. The molecule has 0 atom stereocenters. The van der Waals surface area contributed by atoms with Crippen LogP contribution in [0.4, 0.5) is 0 Å². The van der Waals surface area contributed by atoms with E-state index in [-0.39, 0.29) is 10.1 Å². The molecule has 0 aliphatic heterocycles. The monoisotopic (exact) mass is 426 g/mol. The molecule has 0 N–H and O–H groups in total. The first-order chi connectivity index (χ1) is 5.35. The Bertz CT molecular complexity index is 169. The van der Waals surface area contributed by atoms with E-state index >= 15 is 0 Å². The molecule has 1 aromatic rings. The number of ether oxygens (including phenoxy) is 1. The maximum absolute atomic E-state index is 4.91. The van der Waals surface area contributed by atoms with Crippen LogP contribution in [0.3, 0.4) is 0 Å². The Morgan fingerprint density at radius 2 is 1.64 bits per heavy atom. The molecule has 0 fully saturated rings. The third kappa shape index (κ3) is 7.46. The van der Waals surface area contributed by atoms with Gasteiger partial charge < -0.3 is 4.74 Å². The van der Waals surface area contributed by atoms with E-state index in [4.69, 9.17) is 4.74 Å². The van der Waals surface area contributed by atoms with Gasteiger partial charge >= 0.3 is 49.6 Å². The Balaban J connectivity index is 0.000000292. The van der Waals surface area contributed by atoms with E-state index in [1.165, 1.54) is 0 Å². The number of hydrogen-bond donors (Lipinski definition) is 0. The van der Waals surface area contributed by atoms with Crippen molar-refractivity contribution >= 4 is 39.5 Å². The molecule has 0 aromatic heterocycles. The summed E-state index contributed by atoms with van der Waals surface area (Å²) in [5, 5.41) is 0. The van der Waals surface area contributed by atoms with E-state index in [2.05, 4.69) is 39.5 Å². The number of para-hydroxylation sites is 1. The molecule has 0 bridgehead atoms. The van der Waals surface area contributed by atoms with Gasteiger partial charge in [-0.2, -0.15) is 0 Å². The summed E-state index contributed by atoms with van der Waals surface area (Å²) in [7, 11) is 1.73. The second-order valence-corrected chi connectivity index (χ2v) is 25.1. The summed E-state index contributed by atoms with van der Waals surface area (Å²) < 4.78 is 4.91. The third-order valence-electron chi connectivity index (χ3n) is 0.979. The minimum absolute atomic E-state index is 0.0650. The molecule has 0 heterocycles. The molecule has 0 aliphatic rings. The van der Waals surface area contributed by atoms with Crippen molar-refractivity contribution in [1.29, 1.82) is 0 Å². The van der Waals surface area contributed by atoms with Gasteiger partial charge in [-0.05, 0) is 12.1 Å². The van der Waals surface area contributed by atoms with Gasteiger partial charge in [0.25, 0.3) is 0 Å². The van der Waals surface area contributed by atoms with Crippen molar-refractivity contribution in [2.24, 2.45) is 0 Å². The predicted molar refractivity (Wildman–Crippen MR) is 61.0 cm³/mol. The fraction of sp³-hybridized carbons (Fsp3) is 0.143. The molecule has 0 aliphatic carbocycles. The van der Waals surface area contributed by atoms with Crippen LogP contribution in [0.1, 0.15) is 0 Å². The summed E-state index contributed by atoms with van der Waals surface area (Å²) in [6.45, 7) is 0. The molecule has 0 saturated heterocycles. The molecule has 1 nitrogen and oxygen atoms in total. The molecule has 0 unspecified atom stereocenters. The van der Waals surface area contributed by atoms with Crippen LogP contribution in [0.15, 0.2) is 30.3 Å². The maximum atomic E-state index is 4.91. The zero-order chi connectivity index (χ0) is 8.53. The number of halogens is 2. The van der Waals surface area contributed by atoms with Gasteiger partial charge in [0.05, 0.1) is 7.11 Å². The fourth-order valence-corrected chi connectivity index (χ4v) is 0.557. The van der Waals surface area contributed by atoms with Crippen molar-refractivity contribution in [1.82, 2.24) is 0 Å². The van der Waals surface area contributed by atoms with Crippen LogP contribution in [-0.4, -0.2) is 7.11 Å². The molecule has 0 radical (unpaired) electrons. The summed E-state index contributed by atoms with van der Waals surface area (Å²) in [6.07, 6.45) is 0. The van der Waals surface area contributed by atoms with Crippen LogP contribution in [0.5, 0.6) is 5.75 Å². The molecule has 1 aromatic carbocycles. The van der Waals surface area contributed by atoms with Crippen LogP contribution in [0, 0.1) is 0 Å². The second kappa shape index (κ2) is 9.19. The first-order valence-electron chi connectivity index (χ1n) is 3.06. The zero-order valence-corrected chi connectivity index (χ0v) is 13.5. The van der Waals surface area contributed by atoms with Gasteiger partial charge in [0.15, 0.2) is 0 Å². The molecule has 11 heavy (non-hydrogen) atoms. The first kappa shape index (κ1) is 12.1. The van der Waals surface area contributed by atoms with E-state index in [0.717, 1.165) is 5.75 Å². The Labute approximate surface area is 96.2 Å². The van der Waals surface area contributed by atoms with E-state index in [1.54, 1.807) is 7.11 Å². The third-order valence-corrected chi connectivity index (χ3v) is 0.979. The van der Waals surface area contributed by atoms with Gasteiger partial charge in [-0.25, -0.2) is 0 Å². The van der Waals surface area contributed by atoms with Gasteiger partial charge in [0.2, 0.25) is 0 Å². The molecule has 1 rings (SSSR count). The normalized spacial score (nSPS) is 7.18. The van der Waals surface area contributed by atoms with Crippen LogP contribution in [0.25, 0.3) is 0 Å². The van der Waals surface area contributed by atoms with Gasteiger partial charge in [-0.3, -0.25) is 0 Å². The fourth-order valence-electron chi connectivity index (χ4n) is 0.557. The van der Waals surface area contributed by atoms with Gasteiger partial charge in [-0.1, -0.05) is 18.2 Å². The van der Waals surface area contributed by atoms with Gasteiger partial charge in [-0.15, -0.1) is 0 Å². The van der Waals surface area contributed by atoms with E-state index < -0.39 is 0 Å². The molecule has 58 valence electrons. The minimum atomic E-state index is 0.0650. The van der Waals surface area contributed by atoms with Crippen LogP contribution in [0.2, 0.25) is 0 Å². The molecular formula is C7H8I2OZn. The number of methoxy groups -OCH3 is 1. The Hall–Kier alpha value is 1.10. The zero-order valence-electron chi connectivity index (χ0n) is 6.26. The Morgan fingerprint density at radius 3 is 1.91 bits per heavy atom. The summed E-state index contributed by atoms with van der Waals surface area (Å²) in [5.74, 6) is 0.910. The molecule has 0 spiro atoms. The SMILES string of the molecule is COc1ccccc1.[I][Zn][I]. The van der Waals surface area contributed by atoms with Gasteiger partial charge in [0.1, 0.15) is 5.75 Å². The molecule has 4 heteroatoms. The van der Waals surface area contributed by atoms with Crippen molar-refractivity contribution in [2.45, 2.75) is 0 Å². The van der Waals surface area contributed by atoms with E-state index in [1.807, 2.05) is 30.3 Å². The topological polar surface area (TPSA) is 9.23 Å². The summed E-state index contributed by atoms with van der Waals surface area (Å²) in [5.41, 5.74) is 0. The molecule has 0 amide bonds. The number of hydrogen-bond acceptors (Lipinski definition) is 1. The number of rotatable bonds is 1. The predicted octanol–water partition coefficient (Wildman–Crippen LogP) is 3.46.